The van der Waals surface area contributed by atoms with Crippen LogP contribution in [0.1, 0.15) is 44.9 Å². The summed E-state index contributed by atoms with van der Waals surface area (Å²) in [6, 6.07) is 1.51. The quantitative estimate of drug-likeness (QED) is 0.408. The van der Waals surface area contributed by atoms with Gasteiger partial charge in [0.05, 0.1) is 0 Å². The Morgan fingerprint density at radius 3 is 1.89 bits per heavy atom. The molecule has 0 aromatic rings. The Balaban J connectivity index is 1.05. The fraction of sp³-hybridized carbons (Fsp3) is 0.727. The Hall–Kier alpha value is -1.14. The summed E-state index contributed by atoms with van der Waals surface area (Å²) < 4.78 is 0. The molecule has 152 valence electrons. The summed E-state index contributed by atoms with van der Waals surface area (Å²) in [5.41, 5.74) is 0. The van der Waals surface area contributed by atoms with Crippen LogP contribution in [-0.4, -0.2) is 34.9 Å². The zero-order chi connectivity index (χ0) is 19.1. The zero-order valence-electron chi connectivity index (χ0n) is 16.4. The predicted octanol–water partition coefficient (Wildman–Crippen LogP) is 3.01. The molecule has 5 aliphatic rings. The van der Waals surface area contributed by atoms with Gasteiger partial charge in [0.2, 0.25) is 0 Å². The van der Waals surface area contributed by atoms with Gasteiger partial charge in [0.15, 0.2) is 10.2 Å². The van der Waals surface area contributed by atoms with Gasteiger partial charge in [-0.2, -0.15) is 0 Å². The molecule has 6 heteroatoms. The summed E-state index contributed by atoms with van der Waals surface area (Å²) in [5, 5.41) is 15.9. The van der Waals surface area contributed by atoms with Gasteiger partial charge in [-0.1, -0.05) is 30.7 Å². The van der Waals surface area contributed by atoms with Gasteiger partial charge in [-0.05, 0) is 92.6 Å². The number of allylic oxidation sites excluding steroid dienone is 2. The molecule has 4 bridgehead atoms. The lowest BCUT2D eigenvalue weighted by Crippen LogP contribution is -2.50. The molecule has 0 spiro atoms. The lowest BCUT2D eigenvalue weighted by Gasteiger charge is -2.27. The average molecular weight is 417 g/mol. The molecular weight excluding hydrogens is 384 g/mol. The molecule has 8 unspecified atom stereocenters. The summed E-state index contributed by atoms with van der Waals surface area (Å²) in [4.78, 5) is 0. The number of fused-ring (bicyclic) bond motifs is 4. The van der Waals surface area contributed by atoms with Gasteiger partial charge in [0.1, 0.15) is 0 Å². The zero-order valence-corrected chi connectivity index (χ0v) is 18.0. The lowest BCUT2D eigenvalue weighted by molar-refractivity contribution is 0.431. The molecule has 28 heavy (non-hydrogen) atoms. The van der Waals surface area contributed by atoms with Gasteiger partial charge in [-0.15, -0.1) is 0 Å². The third-order valence-corrected chi connectivity index (χ3v) is 8.19. The average Bonchev–Trinajstić information content (AvgIpc) is 3.47. The van der Waals surface area contributed by atoms with E-state index in [1.807, 2.05) is 0 Å². The molecule has 0 amide bonds. The molecule has 0 aliphatic heterocycles. The summed E-state index contributed by atoms with van der Waals surface area (Å²) >= 11 is 11.2. The fourth-order valence-corrected chi connectivity index (χ4v) is 6.72. The molecule has 8 atom stereocenters. The van der Waals surface area contributed by atoms with Crippen LogP contribution in [0.15, 0.2) is 24.3 Å². The Kier molecular flexibility index (Phi) is 5.35. The Morgan fingerprint density at radius 2 is 1.32 bits per heavy atom. The molecule has 3 saturated carbocycles. The minimum absolute atomic E-state index is 0.454. The summed E-state index contributed by atoms with van der Waals surface area (Å²) in [6.45, 7) is 0.930. The van der Waals surface area contributed by atoms with Gasteiger partial charge >= 0.3 is 0 Å². The van der Waals surface area contributed by atoms with Crippen molar-refractivity contribution in [2.75, 3.05) is 6.54 Å². The van der Waals surface area contributed by atoms with Gasteiger partial charge in [-0.3, -0.25) is 0 Å². The standard InChI is InChI=1S/C22H32N4S2/c27-21(25-19-10-13-4-6-15(19)8-13)23-12-17-2-1-3-18(17)24-22(28)26-20-11-14-5-7-16(20)9-14/h4-7,13-20H,1-3,8-12H2,(H2,23,25,27)(H2,24,26,28). The molecule has 0 aromatic carbocycles. The second-order valence-corrected chi connectivity index (χ2v) is 10.4. The second kappa shape index (κ2) is 7.94. The van der Waals surface area contributed by atoms with Crippen molar-refractivity contribution in [3.63, 3.8) is 0 Å². The first-order valence-corrected chi connectivity index (χ1v) is 11.9. The van der Waals surface area contributed by atoms with E-state index in [1.54, 1.807) is 0 Å². The first-order chi connectivity index (χ1) is 13.6. The maximum absolute atomic E-state index is 5.65. The van der Waals surface area contributed by atoms with E-state index in [9.17, 15) is 0 Å². The highest BCUT2D eigenvalue weighted by Gasteiger charge is 2.37. The smallest absolute Gasteiger partial charge is 0.166 e. The molecule has 0 heterocycles. The van der Waals surface area contributed by atoms with Crippen molar-refractivity contribution in [2.24, 2.45) is 29.6 Å². The Bertz CT molecular complexity index is 690. The number of thiocarbonyl (C=S) groups is 2. The van der Waals surface area contributed by atoms with Crippen LogP contribution < -0.4 is 21.3 Å². The van der Waals surface area contributed by atoms with E-state index in [-0.39, 0.29) is 0 Å². The second-order valence-electron chi connectivity index (χ2n) is 9.54. The molecular formula is C22H32N4S2. The SMILES string of the molecule is S=C(NCC1CCCC1NC(=S)NC1CC2C=CC1C2)NC1CC2C=CC1C2. The van der Waals surface area contributed by atoms with Crippen LogP contribution in [0.25, 0.3) is 0 Å². The molecule has 3 fully saturated rings. The predicted molar refractivity (Wildman–Crippen MR) is 122 cm³/mol. The van der Waals surface area contributed by atoms with Gasteiger partial charge < -0.3 is 21.3 Å². The van der Waals surface area contributed by atoms with Crippen LogP contribution in [-0.2, 0) is 0 Å². The number of hydrogen-bond donors (Lipinski definition) is 4. The number of rotatable bonds is 5. The van der Waals surface area contributed by atoms with Crippen molar-refractivity contribution in [1.82, 2.24) is 21.3 Å². The number of hydrogen-bond acceptors (Lipinski definition) is 2. The largest absolute Gasteiger partial charge is 0.362 e. The van der Waals surface area contributed by atoms with Crippen LogP contribution in [0.2, 0.25) is 0 Å². The van der Waals surface area contributed by atoms with Gasteiger partial charge in [0.25, 0.3) is 0 Å². The maximum Gasteiger partial charge on any atom is 0.166 e. The van der Waals surface area contributed by atoms with Gasteiger partial charge in [0, 0.05) is 24.7 Å². The first-order valence-electron chi connectivity index (χ1n) is 11.1. The van der Waals surface area contributed by atoms with E-state index in [1.165, 1.54) is 44.9 Å². The van der Waals surface area contributed by atoms with Crippen LogP contribution in [0, 0.1) is 29.6 Å². The van der Waals surface area contributed by atoms with E-state index < -0.39 is 0 Å². The third-order valence-electron chi connectivity index (χ3n) is 7.69. The van der Waals surface area contributed by atoms with Crippen molar-refractivity contribution in [3.8, 4) is 0 Å². The van der Waals surface area contributed by atoms with E-state index in [0.29, 0.717) is 35.9 Å². The highest BCUT2D eigenvalue weighted by atomic mass is 32.1. The normalized spacial score (nSPS) is 42.1. The Morgan fingerprint density at radius 1 is 0.714 bits per heavy atom. The van der Waals surface area contributed by atoms with Crippen LogP contribution in [0.3, 0.4) is 0 Å². The van der Waals surface area contributed by atoms with E-state index >= 15 is 0 Å². The van der Waals surface area contributed by atoms with Crippen molar-refractivity contribution >= 4 is 34.7 Å². The molecule has 4 nitrogen and oxygen atoms in total. The summed E-state index contributed by atoms with van der Waals surface area (Å²) in [7, 11) is 0. The lowest BCUT2D eigenvalue weighted by atomic mass is 10.0. The highest BCUT2D eigenvalue weighted by Crippen LogP contribution is 2.39. The van der Waals surface area contributed by atoms with Crippen molar-refractivity contribution in [1.29, 1.82) is 0 Å². The maximum atomic E-state index is 5.65. The summed E-state index contributed by atoms with van der Waals surface area (Å²) in [6.07, 6.45) is 18.3. The van der Waals surface area contributed by atoms with Crippen LogP contribution >= 0.6 is 24.4 Å². The molecule has 0 aromatic heterocycles. The van der Waals surface area contributed by atoms with Crippen molar-refractivity contribution in [3.05, 3.63) is 24.3 Å². The van der Waals surface area contributed by atoms with Crippen molar-refractivity contribution < 1.29 is 0 Å². The van der Waals surface area contributed by atoms with Gasteiger partial charge in [-0.25, -0.2) is 0 Å². The molecule has 0 radical (unpaired) electrons. The third kappa shape index (κ3) is 3.95. The molecule has 4 N–H and O–H groups in total. The van der Waals surface area contributed by atoms with E-state index in [2.05, 4.69) is 45.6 Å². The van der Waals surface area contributed by atoms with Crippen LogP contribution in [0.4, 0.5) is 0 Å². The number of nitrogens with one attached hydrogen (secondary N) is 4. The topological polar surface area (TPSA) is 48.1 Å². The fourth-order valence-electron chi connectivity index (χ4n) is 6.19. The Labute approximate surface area is 179 Å². The minimum Gasteiger partial charge on any atom is -0.362 e. The molecule has 0 saturated heterocycles. The first kappa shape index (κ1) is 18.9. The van der Waals surface area contributed by atoms with E-state index in [4.69, 9.17) is 24.4 Å². The molecule has 5 aliphatic carbocycles. The van der Waals surface area contributed by atoms with Crippen LogP contribution in [0.5, 0.6) is 0 Å². The minimum atomic E-state index is 0.454. The van der Waals surface area contributed by atoms with E-state index in [0.717, 1.165) is 28.6 Å². The highest BCUT2D eigenvalue weighted by molar-refractivity contribution is 7.80. The monoisotopic (exact) mass is 416 g/mol. The molecule has 5 rings (SSSR count). The summed E-state index contributed by atoms with van der Waals surface area (Å²) in [5.74, 6) is 3.48. The van der Waals surface area contributed by atoms with Crippen molar-refractivity contribution in [2.45, 2.75) is 63.1 Å².